The van der Waals surface area contributed by atoms with E-state index in [-0.39, 0.29) is 0 Å². The molecule has 1 aliphatic rings. The van der Waals surface area contributed by atoms with E-state index < -0.39 is 17.7 Å². The molecule has 0 N–H and O–H groups in total. The average molecular weight is 492 g/mol. The highest BCUT2D eigenvalue weighted by Crippen LogP contribution is 2.54. The van der Waals surface area contributed by atoms with Crippen LogP contribution in [0.15, 0.2) is 121 Å². The first-order chi connectivity index (χ1) is 16.9. The quantitative estimate of drug-likeness (QED) is 0.278. The van der Waals surface area contributed by atoms with Crippen molar-refractivity contribution < 1.29 is 18.0 Å². The minimum absolute atomic E-state index is 0.294. The molecule has 0 radical (unpaired) electrons. The highest BCUT2D eigenvalue weighted by atomic mass is 35.5. The van der Waals surface area contributed by atoms with Gasteiger partial charge in [0.15, 0.2) is 0 Å². The van der Waals surface area contributed by atoms with Crippen LogP contribution in [0.5, 0.6) is 0 Å². The first-order valence-electron chi connectivity index (χ1n) is 11.1. The molecule has 0 aromatic heterocycles. The average Bonchev–Trinajstić information content (AvgIpc) is 3.28. The molecule has 1 aliphatic heterocycles. The lowest BCUT2D eigenvalue weighted by molar-refractivity contribution is -0.257. The minimum atomic E-state index is -4.75. The van der Waals surface area contributed by atoms with Gasteiger partial charge in [-0.1, -0.05) is 103 Å². The van der Waals surface area contributed by atoms with E-state index in [1.54, 1.807) is 115 Å². The molecule has 5 rings (SSSR count). The molecule has 4 aromatic rings. The molecule has 1 unspecified atom stereocenters. The Morgan fingerprint density at radius 3 is 1.66 bits per heavy atom. The highest BCUT2D eigenvalue weighted by Gasteiger charge is 2.65. The maximum absolute atomic E-state index is 15.3. The lowest BCUT2D eigenvalue weighted by Gasteiger charge is -2.38. The van der Waals surface area contributed by atoms with E-state index in [4.69, 9.17) is 16.4 Å². The van der Waals surface area contributed by atoms with Gasteiger partial charge >= 0.3 is 6.18 Å². The fourth-order valence-corrected chi connectivity index (χ4v) is 4.60. The number of rotatable bonds is 5. The summed E-state index contributed by atoms with van der Waals surface area (Å²) in [5, 5.41) is 1.77. The van der Waals surface area contributed by atoms with Crippen LogP contribution in [-0.2, 0) is 4.84 Å². The highest BCUT2D eigenvalue weighted by molar-refractivity contribution is 6.30. The van der Waals surface area contributed by atoms with Crippen LogP contribution in [-0.4, -0.2) is 11.8 Å². The van der Waals surface area contributed by atoms with Crippen molar-refractivity contribution in [2.45, 2.75) is 17.7 Å². The Hall–Kier alpha value is -3.54. The van der Waals surface area contributed by atoms with Crippen molar-refractivity contribution in [3.63, 3.8) is 0 Å². The second-order valence-electron chi connectivity index (χ2n) is 8.30. The molecule has 0 saturated heterocycles. The van der Waals surface area contributed by atoms with Crippen LogP contribution in [0.3, 0.4) is 0 Å². The summed E-state index contributed by atoms with van der Waals surface area (Å²) in [6.45, 7) is 0. The summed E-state index contributed by atoms with van der Waals surface area (Å²) in [5.41, 5.74) is -0.332. The molecule has 1 atom stereocenters. The SMILES string of the molecule is FC(F)(F)C1(C(c2ccccc2)c2ccccc2)C=C(c2ccc(Cl)cc2)N(c2ccccc2)O1. The molecule has 0 amide bonds. The van der Waals surface area contributed by atoms with Crippen molar-refractivity contribution in [1.82, 2.24) is 0 Å². The molecular formula is C29H21ClF3NO. The van der Waals surface area contributed by atoms with E-state index in [0.29, 0.717) is 33.1 Å². The molecule has 176 valence electrons. The molecule has 0 saturated carbocycles. The Kier molecular flexibility index (Phi) is 6.13. The lowest BCUT2D eigenvalue weighted by Crippen LogP contribution is -2.51. The molecule has 1 heterocycles. The first kappa shape index (κ1) is 23.2. The summed E-state index contributed by atoms with van der Waals surface area (Å²) in [4.78, 5) is 6.05. The molecule has 35 heavy (non-hydrogen) atoms. The smallest absolute Gasteiger partial charge is 0.247 e. The zero-order chi connectivity index (χ0) is 24.5. The number of halogens is 4. The van der Waals surface area contributed by atoms with Gasteiger partial charge in [-0.2, -0.15) is 13.2 Å². The van der Waals surface area contributed by atoms with Crippen molar-refractivity contribution in [2.75, 3.05) is 5.06 Å². The van der Waals surface area contributed by atoms with Crippen LogP contribution in [0.4, 0.5) is 18.9 Å². The number of hydrogen-bond acceptors (Lipinski definition) is 2. The zero-order valence-corrected chi connectivity index (χ0v) is 19.2. The van der Waals surface area contributed by atoms with Gasteiger partial charge < -0.3 is 0 Å². The van der Waals surface area contributed by atoms with E-state index in [1.165, 1.54) is 11.1 Å². The molecular weight excluding hydrogens is 471 g/mol. The summed E-state index contributed by atoms with van der Waals surface area (Å²) < 4.78 is 45.8. The van der Waals surface area contributed by atoms with Crippen LogP contribution in [0.25, 0.3) is 5.70 Å². The van der Waals surface area contributed by atoms with Gasteiger partial charge in [0.25, 0.3) is 0 Å². The normalized spacial score (nSPS) is 18.1. The molecule has 0 fully saturated rings. The van der Waals surface area contributed by atoms with E-state index >= 15 is 13.2 Å². The number of hydrogen-bond donors (Lipinski definition) is 0. The number of alkyl halides is 3. The number of nitrogens with zero attached hydrogens (tertiary/aromatic N) is 1. The predicted molar refractivity (Wildman–Crippen MR) is 133 cm³/mol. The van der Waals surface area contributed by atoms with Gasteiger partial charge in [-0.3, -0.25) is 0 Å². The summed E-state index contributed by atoms with van der Waals surface area (Å²) in [6, 6.07) is 32.8. The maximum atomic E-state index is 15.3. The Morgan fingerprint density at radius 1 is 0.686 bits per heavy atom. The van der Waals surface area contributed by atoms with Gasteiger partial charge in [0, 0.05) is 10.6 Å². The summed E-state index contributed by atoms with van der Waals surface area (Å²) in [5.74, 6) is -1.15. The van der Waals surface area contributed by atoms with Gasteiger partial charge in [-0.15, -0.1) is 0 Å². The molecule has 0 bridgehead atoms. The Labute approximate surface area is 206 Å². The van der Waals surface area contributed by atoms with Gasteiger partial charge in [0.1, 0.15) is 0 Å². The second-order valence-corrected chi connectivity index (χ2v) is 8.74. The van der Waals surface area contributed by atoms with Crippen molar-refractivity contribution in [2.24, 2.45) is 0 Å². The van der Waals surface area contributed by atoms with Crippen molar-refractivity contribution in [1.29, 1.82) is 0 Å². The van der Waals surface area contributed by atoms with Crippen LogP contribution in [0.1, 0.15) is 22.6 Å². The van der Waals surface area contributed by atoms with E-state index in [2.05, 4.69) is 0 Å². The Bertz CT molecular complexity index is 1270. The largest absolute Gasteiger partial charge is 0.424 e. The Morgan fingerprint density at radius 2 is 1.17 bits per heavy atom. The Balaban J connectivity index is 1.77. The van der Waals surface area contributed by atoms with Crippen LogP contribution >= 0.6 is 11.6 Å². The van der Waals surface area contributed by atoms with E-state index in [1.807, 2.05) is 0 Å². The third kappa shape index (κ3) is 4.33. The predicted octanol–water partition coefficient (Wildman–Crippen LogP) is 8.27. The third-order valence-corrected chi connectivity index (χ3v) is 6.33. The van der Waals surface area contributed by atoms with Crippen LogP contribution < -0.4 is 5.06 Å². The fourth-order valence-electron chi connectivity index (χ4n) is 4.48. The minimum Gasteiger partial charge on any atom is -0.247 e. The maximum Gasteiger partial charge on any atom is 0.424 e. The fraction of sp³-hybridized carbons (Fsp3) is 0.103. The van der Waals surface area contributed by atoms with Gasteiger partial charge in [-0.25, -0.2) is 9.90 Å². The molecule has 0 aliphatic carbocycles. The van der Waals surface area contributed by atoms with E-state index in [0.717, 1.165) is 0 Å². The van der Waals surface area contributed by atoms with Crippen LogP contribution in [0.2, 0.25) is 5.02 Å². The van der Waals surface area contributed by atoms with E-state index in [9.17, 15) is 0 Å². The number of benzene rings is 4. The molecule has 6 heteroatoms. The second kappa shape index (κ2) is 9.25. The van der Waals surface area contributed by atoms with Crippen molar-refractivity contribution >= 4 is 23.0 Å². The van der Waals surface area contributed by atoms with Gasteiger partial charge in [-0.05, 0) is 41.5 Å². The summed E-state index contributed by atoms with van der Waals surface area (Å²) >= 11 is 6.07. The van der Waals surface area contributed by atoms with Crippen LogP contribution in [0, 0.1) is 0 Å². The standard InChI is InChI=1S/C29H21ClF3NO/c30-24-18-16-21(17-19-24)26-20-28(29(31,32)33,35-34(26)25-14-8-3-9-15-25)27(22-10-4-1-5-11-22)23-12-6-2-7-13-23/h1-20,27H. The molecule has 0 spiro atoms. The summed E-state index contributed by atoms with van der Waals surface area (Å²) in [7, 11) is 0. The van der Waals surface area contributed by atoms with Gasteiger partial charge in [0.2, 0.25) is 5.60 Å². The number of para-hydroxylation sites is 1. The topological polar surface area (TPSA) is 12.5 Å². The zero-order valence-electron chi connectivity index (χ0n) is 18.5. The monoisotopic (exact) mass is 491 g/mol. The first-order valence-corrected chi connectivity index (χ1v) is 11.5. The lowest BCUT2D eigenvalue weighted by atomic mass is 9.76. The van der Waals surface area contributed by atoms with Crippen molar-refractivity contribution in [3.05, 3.63) is 143 Å². The molecule has 2 nitrogen and oxygen atoms in total. The number of hydroxylamine groups is 1. The molecule has 4 aromatic carbocycles. The number of anilines is 1. The third-order valence-electron chi connectivity index (χ3n) is 6.08. The van der Waals surface area contributed by atoms with Gasteiger partial charge in [0.05, 0.1) is 17.3 Å². The summed E-state index contributed by atoms with van der Waals surface area (Å²) in [6.07, 6.45) is -3.54. The van der Waals surface area contributed by atoms with Crippen molar-refractivity contribution in [3.8, 4) is 0 Å².